The monoisotopic (exact) mass is 620 g/mol. The summed E-state index contributed by atoms with van der Waals surface area (Å²) >= 11 is 0. The van der Waals surface area contributed by atoms with Crippen LogP contribution >= 0.6 is 0 Å². The fourth-order valence-electron chi connectivity index (χ4n) is 8.58. The molecule has 0 saturated carbocycles. The molecule has 2 nitrogen and oxygen atoms in total. The first kappa shape index (κ1) is 27.5. The van der Waals surface area contributed by atoms with Crippen LogP contribution in [0.4, 0.5) is 0 Å². The fourth-order valence-corrected chi connectivity index (χ4v) is 8.58. The van der Waals surface area contributed by atoms with E-state index in [2.05, 4.69) is 163 Å². The van der Waals surface area contributed by atoms with Crippen molar-refractivity contribution in [2.75, 3.05) is 0 Å². The Labute approximate surface area is 285 Å². The largest absolute Gasteiger partial charge is 0.246 e. The van der Waals surface area contributed by atoms with E-state index in [0.717, 1.165) is 22.3 Å². The van der Waals surface area contributed by atoms with Crippen LogP contribution in [0.1, 0.15) is 27.9 Å². The summed E-state index contributed by atoms with van der Waals surface area (Å²) in [4.78, 5) is 4.19. The molecule has 7 aromatic carbocycles. The van der Waals surface area contributed by atoms with E-state index in [1.165, 1.54) is 66.4 Å². The SMILES string of the molecule is N#Cc1cc(-c2cccc(-c3ccc4c(c3)C3(c5ccccc5-c5ccccc53)c3cc(-c5ccccc5)c5ccccc5c3-4)c2)ccn1. The molecule has 0 amide bonds. The minimum atomic E-state index is -0.480. The fraction of sp³-hybridized carbons (Fsp3) is 0.0213. The van der Waals surface area contributed by atoms with Gasteiger partial charge in [0, 0.05) is 6.20 Å². The molecule has 0 bridgehead atoms. The molecule has 0 aliphatic heterocycles. The zero-order valence-electron chi connectivity index (χ0n) is 26.6. The van der Waals surface area contributed by atoms with Gasteiger partial charge in [0.1, 0.15) is 11.8 Å². The van der Waals surface area contributed by atoms with Crippen molar-refractivity contribution in [3.05, 3.63) is 198 Å². The van der Waals surface area contributed by atoms with Crippen LogP contribution in [0.15, 0.2) is 170 Å². The number of pyridine rings is 1. The summed E-state index contributed by atoms with van der Waals surface area (Å²) in [6.45, 7) is 0. The lowest BCUT2D eigenvalue weighted by Gasteiger charge is -2.31. The van der Waals surface area contributed by atoms with E-state index in [9.17, 15) is 5.26 Å². The molecule has 226 valence electrons. The lowest BCUT2D eigenvalue weighted by molar-refractivity contribution is 0.795. The molecule has 1 aromatic heterocycles. The highest BCUT2D eigenvalue weighted by Gasteiger charge is 2.52. The maximum atomic E-state index is 9.48. The molecule has 2 heteroatoms. The highest BCUT2D eigenvalue weighted by atomic mass is 14.7. The van der Waals surface area contributed by atoms with Crippen molar-refractivity contribution in [2.24, 2.45) is 0 Å². The van der Waals surface area contributed by atoms with Gasteiger partial charge in [-0.05, 0) is 119 Å². The molecule has 2 aliphatic rings. The standard InChI is InChI=1S/C47H28N2/c48-29-35-26-34(23-24-49-35)32-14-10-13-31(25-32)33-21-22-40-44(27-33)47(42-19-8-6-16-37(42)38-17-7-9-20-43(38)47)45-28-41(30-11-2-1-3-12-30)36-15-4-5-18-39(36)46(40)45/h1-28H. The Morgan fingerprint density at radius 1 is 0.408 bits per heavy atom. The molecule has 49 heavy (non-hydrogen) atoms. The molecule has 0 N–H and O–H groups in total. The van der Waals surface area contributed by atoms with Crippen LogP contribution in [-0.2, 0) is 5.41 Å². The van der Waals surface area contributed by atoms with Gasteiger partial charge in [-0.2, -0.15) is 5.26 Å². The number of fused-ring (bicyclic) bond motifs is 12. The molecule has 0 unspecified atom stereocenters. The third kappa shape index (κ3) is 3.85. The molecule has 1 spiro atoms. The summed E-state index contributed by atoms with van der Waals surface area (Å²) in [5.41, 5.74) is 17.3. The van der Waals surface area contributed by atoms with E-state index in [0.29, 0.717) is 5.69 Å². The quantitative estimate of drug-likeness (QED) is 0.197. The molecular formula is C47H28N2. The molecule has 0 atom stereocenters. The van der Waals surface area contributed by atoms with Gasteiger partial charge in [0.15, 0.2) is 0 Å². The minimum Gasteiger partial charge on any atom is -0.246 e. The third-order valence-electron chi connectivity index (χ3n) is 10.6. The lowest BCUT2D eigenvalue weighted by atomic mass is 9.69. The van der Waals surface area contributed by atoms with Gasteiger partial charge in [0.25, 0.3) is 0 Å². The second kappa shape index (κ2) is 10.5. The number of nitriles is 1. The maximum absolute atomic E-state index is 9.48. The van der Waals surface area contributed by atoms with Gasteiger partial charge in [-0.25, -0.2) is 4.98 Å². The van der Waals surface area contributed by atoms with Crippen molar-refractivity contribution >= 4 is 10.8 Å². The van der Waals surface area contributed by atoms with Crippen LogP contribution in [0.25, 0.3) is 66.4 Å². The Kier molecular flexibility index (Phi) is 5.89. The first-order chi connectivity index (χ1) is 24.3. The smallest absolute Gasteiger partial charge is 0.141 e. The average Bonchev–Trinajstić information content (AvgIpc) is 3.65. The van der Waals surface area contributed by atoms with Crippen molar-refractivity contribution in [3.63, 3.8) is 0 Å². The zero-order valence-corrected chi connectivity index (χ0v) is 26.6. The van der Waals surface area contributed by atoms with Gasteiger partial charge in [-0.15, -0.1) is 0 Å². The van der Waals surface area contributed by atoms with E-state index >= 15 is 0 Å². The summed E-state index contributed by atoms with van der Waals surface area (Å²) in [5, 5.41) is 12.0. The van der Waals surface area contributed by atoms with E-state index in [-0.39, 0.29) is 0 Å². The molecule has 0 saturated heterocycles. The number of hydrogen-bond donors (Lipinski definition) is 0. The second-order valence-electron chi connectivity index (χ2n) is 13.0. The first-order valence-corrected chi connectivity index (χ1v) is 16.7. The summed E-state index contributed by atoms with van der Waals surface area (Å²) in [5.74, 6) is 0. The number of rotatable bonds is 3. The number of benzene rings is 7. The molecule has 2 aliphatic carbocycles. The van der Waals surface area contributed by atoms with Gasteiger partial charge < -0.3 is 0 Å². The second-order valence-corrected chi connectivity index (χ2v) is 13.0. The van der Waals surface area contributed by atoms with Gasteiger partial charge in [-0.3, -0.25) is 0 Å². The van der Waals surface area contributed by atoms with Crippen LogP contribution in [-0.4, -0.2) is 4.98 Å². The van der Waals surface area contributed by atoms with E-state index < -0.39 is 5.41 Å². The van der Waals surface area contributed by atoms with E-state index in [4.69, 9.17) is 0 Å². The molecule has 10 rings (SSSR count). The van der Waals surface area contributed by atoms with Crippen molar-refractivity contribution in [1.29, 1.82) is 5.26 Å². The lowest BCUT2D eigenvalue weighted by Crippen LogP contribution is -2.26. The van der Waals surface area contributed by atoms with Crippen molar-refractivity contribution in [3.8, 4) is 61.7 Å². The number of nitrogens with zero attached hydrogens (tertiary/aromatic N) is 2. The molecular weight excluding hydrogens is 593 g/mol. The third-order valence-corrected chi connectivity index (χ3v) is 10.6. The van der Waals surface area contributed by atoms with Crippen LogP contribution in [0.2, 0.25) is 0 Å². The van der Waals surface area contributed by atoms with Crippen molar-refractivity contribution < 1.29 is 0 Å². The highest BCUT2D eigenvalue weighted by Crippen LogP contribution is 2.64. The minimum absolute atomic E-state index is 0.417. The predicted molar refractivity (Wildman–Crippen MR) is 199 cm³/mol. The summed E-state index contributed by atoms with van der Waals surface area (Å²) in [7, 11) is 0. The van der Waals surface area contributed by atoms with Crippen LogP contribution in [0.5, 0.6) is 0 Å². The zero-order chi connectivity index (χ0) is 32.5. The van der Waals surface area contributed by atoms with Crippen molar-refractivity contribution in [1.82, 2.24) is 4.98 Å². The first-order valence-electron chi connectivity index (χ1n) is 16.7. The highest BCUT2D eigenvalue weighted by molar-refractivity contribution is 6.11. The van der Waals surface area contributed by atoms with Crippen LogP contribution in [0.3, 0.4) is 0 Å². The topological polar surface area (TPSA) is 36.7 Å². The van der Waals surface area contributed by atoms with Gasteiger partial charge >= 0.3 is 0 Å². The van der Waals surface area contributed by atoms with E-state index in [1.54, 1.807) is 6.20 Å². The Morgan fingerprint density at radius 2 is 1.02 bits per heavy atom. The molecule has 8 aromatic rings. The molecule has 0 radical (unpaired) electrons. The summed E-state index contributed by atoms with van der Waals surface area (Å²) in [6.07, 6.45) is 1.71. The predicted octanol–water partition coefficient (Wildman–Crippen LogP) is 11.5. The Morgan fingerprint density at radius 3 is 1.76 bits per heavy atom. The number of aromatic nitrogens is 1. The van der Waals surface area contributed by atoms with Gasteiger partial charge in [0.05, 0.1) is 5.41 Å². The van der Waals surface area contributed by atoms with Crippen LogP contribution < -0.4 is 0 Å². The molecule has 1 heterocycles. The van der Waals surface area contributed by atoms with E-state index in [1.807, 2.05) is 12.1 Å². The Hall–Kier alpha value is -6.56. The summed E-state index contributed by atoms with van der Waals surface area (Å²) in [6, 6.07) is 61.9. The Balaban J connectivity index is 1.29. The molecule has 0 fully saturated rings. The maximum Gasteiger partial charge on any atom is 0.141 e. The normalized spacial score (nSPS) is 13.0. The van der Waals surface area contributed by atoms with Crippen molar-refractivity contribution in [2.45, 2.75) is 5.41 Å². The number of hydrogen-bond acceptors (Lipinski definition) is 2. The Bertz CT molecular complexity index is 2630. The van der Waals surface area contributed by atoms with Crippen LogP contribution in [0, 0.1) is 11.3 Å². The van der Waals surface area contributed by atoms with Gasteiger partial charge in [0.2, 0.25) is 0 Å². The van der Waals surface area contributed by atoms with Gasteiger partial charge in [-0.1, -0.05) is 133 Å². The average molecular weight is 621 g/mol. The summed E-state index contributed by atoms with van der Waals surface area (Å²) < 4.78 is 0.